The van der Waals surface area contributed by atoms with Gasteiger partial charge >= 0.3 is 0 Å². The van der Waals surface area contributed by atoms with E-state index in [1.165, 1.54) is 6.07 Å². The van der Waals surface area contributed by atoms with Crippen molar-refractivity contribution >= 4 is 11.6 Å². The van der Waals surface area contributed by atoms with Crippen molar-refractivity contribution in [3.8, 4) is 16.8 Å². The number of anilines is 1. The summed E-state index contributed by atoms with van der Waals surface area (Å²) >= 11 is 0. The number of hydrogen-bond acceptors (Lipinski definition) is 5. The summed E-state index contributed by atoms with van der Waals surface area (Å²) in [5, 5.41) is 7.41. The molecule has 1 saturated heterocycles. The third kappa shape index (κ3) is 4.68. The number of piperidine rings is 1. The van der Waals surface area contributed by atoms with Crippen LogP contribution in [0.15, 0.2) is 43.0 Å². The zero-order chi connectivity index (χ0) is 23.8. The maximum absolute atomic E-state index is 14.5. The van der Waals surface area contributed by atoms with Crippen molar-refractivity contribution in [2.45, 2.75) is 44.7 Å². The first-order valence-electron chi connectivity index (χ1n) is 11.9. The van der Waals surface area contributed by atoms with Crippen LogP contribution in [-0.2, 0) is 0 Å². The normalized spacial score (nSPS) is 16.8. The number of carbonyl (C=O) groups excluding carboxylic acids is 1. The van der Waals surface area contributed by atoms with Crippen molar-refractivity contribution in [1.82, 2.24) is 25.0 Å². The summed E-state index contributed by atoms with van der Waals surface area (Å²) in [4.78, 5) is 21.6. The third-order valence-corrected chi connectivity index (χ3v) is 6.90. The Bertz CT molecular complexity index is 1190. The van der Waals surface area contributed by atoms with Gasteiger partial charge in [-0.15, -0.1) is 0 Å². The number of hydrogen-bond donors (Lipinski definition) is 1. The Morgan fingerprint density at radius 2 is 1.79 bits per heavy atom. The minimum Gasteiger partial charge on any atom is -0.370 e. The molecule has 0 radical (unpaired) electrons. The van der Waals surface area contributed by atoms with Gasteiger partial charge in [-0.2, -0.15) is 5.10 Å². The van der Waals surface area contributed by atoms with E-state index in [1.54, 1.807) is 23.1 Å². The second-order valence-electron chi connectivity index (χ2n) is 9.65. The largest absolute Gasteiger partial charge is 0.370 e. The first-order valence-corrected chi connectivity index (χ1v) is 11.9. The number of benzene rings is 1. The first-order chi connectivity index (χ1) is 16.4. The SMILES string of the molecule is Cc1cc(F)c(C(=O)NC2CC2)cc1-c1cnn(-c2cncc(N3CCC(N(C)C)CC3)c2)c1. The molecule has 1 aliphatic heterocycles. The summed E-state index contributed by atoms with van der Waals surface area (Å²) < 4.78 is 16.3. The third-order valence-electron chi connectivity index (χ3n) is 6.90. The Balaban J connectivity index is 1.37. The van der Waals surface area contributed by atoms with Crippen LogP contribution >= 0.6 is 0 Å². The average Bonchev–Trinajstić information content (AvgIpc) is 3.51. The average molecular weight is 463 g/mol. The molecule has 34 heavy (non-hydrogen) atoms. The number of carbonyl (C=O) groups is 1. The van der Waals surface area contributed by atoms with Gasteiger partial charge in [-0.05, 0) is 76.0 Å². The second kappa shape index (κ2) is 9.18. The Morgan fingerprint density at radius 3 is 2.50 bits per heavy atom. The molecule has 1 saturated carbocycles. The van der Waals surface area contributed by atoms with E-state index in [-0.39, 0.29) is 17.5 Å². The fourth-order valence-electron chi connectivity index (χ4n) is 4.61. The molecule has 0 bridgehead atoms. The van der Waals surface area contributed by atoms with E-state index in [9.17, 15) is 9.18 Å². The summed E-state index contributed by atoms with van der Waals surface area (Å²) in [7, 11) is 4.28. The van der Waals surface area contributed by atoms with Gasteiger partial charge in [0.05, 0.1) is 35.5 Å². The van der Waals surface area contributed by atoms with Crippen LogP contribution in [-0.4, -0.2) is 64.8 Å². The van der Waals surface area contributed by atoms with E-state index >= 15 is 0 Å². The molecule has 2 aromatic heterocycles. The van der Waals surface area contributed by atoms with Gasteiger partial charge in [-0.1, -0.05) is 0 Å². The number of rotatable bonds is 6. The molecule has 8 heteroatoms. The summed E-state index contributed by atoms with van der Waals surface area (Å²) in [5.74, 6) is -0.856. The molecule has 0 unspecified atom stereocenters. The molecule has 1 N–H and O–H groups in total. The Kier molecular flexibility index (Phi) is 6.08. The summed E-state index contributed by atoms with van der Waals surface area (Å²) in [6, 6.07) is 5.96. The van der Waals surface area contributed by atoms with Gasteiger partial charge in [-0.25, -0.2) is 9.07 Å². The number of pyridine rings is 1. The standard InChI is InChI=1S/C26H31FN6O/c1-17-10-25(27)24(26(34)30-19-4-5-19)12-23(17)18-13-29-33(16-18)22-11-21(14-28-15-22)32-8-6-20(7-9-32)31(2)3/h10-16,19-20H,4-9H2,1-3H3,(H,30,34). The molecule has 3 aromatic rings. The number of nitrogens with zero attached hydrogens (tertiary/aromatic N) is 5. The molecule has 1 aromatic carbocycles. The van der Waals surface area contributed by atoms with Gasteiger partial charge in [0.2, 0.25) is 0 Å². The molecule has 2 aliphatic rings. The molecule has 1 aliphatic carbocycles. The molecule has 7 nitrogen and oxygen atoms in total. The molecule has 3 heterocycles. The number of aromatic nitrogens is 3. The highest BCUT2D eigenvalue weighted by atomic mass is 19.1. The van der Waals surface area contributed by atoms with Crippen LogP contribution in [0.2, 0.25) is 0 Å². The molecule has 2 fully saturated rings. The smallest absolute Gasteiger partial charge is 0.254 e. The van der Waals surface area contributed by atoms with Crippen molar-refractivity contribution in [2.24, 2.45) is 0 Å². The van der Waals surface area contributed by atoms with Crippen molar-refractivity contribution in [3.63, 3.8) is 0 Å². The molecule has 0 atom stereocenters. The number of aryl methyl sites for hydroxylation is 1. The van der Waals surface area contributed by atoms with Crippen molar-refractivity contribution in [3.05, 3.63) is 59.9 Å². The van der Waals surface area contributed by atoms with Crippen LogP contribution in [0, 0.1) is 12.7 Å². The van der Waals surface area contributed by atoms with Crippen LogP contribution in [0.3, 0.4) is 0 Å². The van der Waals surface area contributed by atoms with Crippen LogP contribution in [0.25, 0.3) is 16.8 Å². The molecule has 178 valence electrons. The van der Waals surface area contributed by atoms with E-state index in [0.717, 1.165) is 66.8 Å². The highest BCUT2D eigenvalue weighted by molar-refractivity contribution is 5.96. The maximum Gasteiger partial charge on any atom is 0.254 e. The van der Waals surface area contributed by atoms with Gasteiger partial charge < -0.3 is 15.1 Å². The Hall–Kier alpha value is -3.26. The monoisotopic (exact) mass is 462 g/mol. The van der Waals surface area contributed by atoms with Gasteiger partial charge in [-0.3, -0.25) is 9.78 Å². The second-order valence-corrected chi connectivity index (χ2v) is 9.65. The molecule has 5 rings (SSSR count). The maximum atomic E-state index is 14.5. The highest BCUT2D eigenvalue weighted by Gasteiger charge is 2.26. The molecular formula is C26H31FN6O. The van der Waals surface area contributed by atoms with Crippen molar-refractivity contribution < 1.29 is 9.18 Å². The van der Waals surface area contributed by atoms with Crippen LogP contribution in [0.4, 0.5) is 10.1 Å². The van der Waals surface area contributed by atoms with Gasteiger partial charge in [0, 0.05) is 36.9 Å². The lowest BCUT2D eigenvalue weighted by Gasteiger charge is -2.36. The quantitative estimate of drug-likeness (QED) is 0.604. The van der Waals surface area contributed by atoms with Gasteiger partial charge in [0.25, 0.3) is 5.91 Å². The Labute approximate surface area is 199 Å². The fourth-order valence-corrected chi connectivity index (χ4v) is 4.61. The zero-order valence-electron chi connectivity index (χ0n) is 20.0. The number of nitrogens with one attached hydrogen (secondary N) is 1. The topological polar surface area (TPSA) is 66.3 Å². The van der Waals surface area contributed by atoms with E-state index in [0.29, 0.717) is 6.04 Å². The first kappa shape index (κ1) is 22.5. The predicted molar refractivity (Wildman–Crippen MR) is 131 cm³/mol. The van der Waals surface area contributed by atoms with Crippen LogP contribution in [0.5, 0.6) is 0 Å². The lowest BCUT2D eigenvalue weighted by molar-refractivity contribution is 0.0947. The van der Waals surface area contributed by atoms with Crippen molar-refractivity contribution in [1.29, 1.82) is 0 Å². The minimum atomic E-state index is -0.498. The van der Waals surface area contributed by atoms with Crippen molar-refractivity contribution in [2.75, 3.05) is 32.1 Å². The lowest BCUT2D eigenvalue weighted by Crippen LogP contribution is -2.42. The van der Waals surface area contributed by atoms with Crippen LogP contribution < -0.4 is 10.2 Å². The van der Waals surface area contributed by atoms with Crippen LogP contribution in [0.1, 0.15) is 41.6 Å². The van der Waals surface area contributed by atoms with E-state index in [4.69, 9.17) is 0 Å². The number of halogens is 1. The molecule has 0 spiro atoms. The van der Waals surface area contributed by atoms with E-state index in [2.05, 4.69) is 45.4 Å². The minimum absolute atomic E-state index is 0.0741. The van der Waals surface area contributed by atoms with Gasteiger partial charge in [0.15, 0.2) is 0 Å². The summed E-state index contributed by atoms with van der Waals surface area (Å²) in [6.45, 7) is 3.84. The summed E-state index contributed by atoms with van der Waals surface area (Å²) in [6.07, 6.45) is 11.5. The highest BCUT2D eigenvalue weighted by Crippen LogP contribution is 2.29. The fraction of sp³-hybridized carbons (Fsp3) is 0.423. The van der Waals surface area contributed by atoms with E-state index in [1.807, 2.05) is 19.3 Å². The predicted octanol–water partition coefficient (Wildman–Crippen LogP) is 3.80. The summed E-state index contributed by atoms with van der Waals surface area (Å²) in [5.41, 5.74) is 4.41. The number of amides is 1. The zero-order valence-corrected chi connectivity index (χ0v) is 20.0. The lowest BCUT2D eigenvalue weighted by atomic mass is 9.99. The molecular weight excluding hydrogens is 431 g/mol. The van der Waals surface area contributed by atoms with Gasteiger partial charge in [0.1, 0.15) is 5.82 Å². The molecule has 1 amide bonds. The van der Waals surface area contributed by atoms with E-state index < -0.39 is 5.82 Å². The Morgan fingerprint density at radius 1 is 1.06 bits per heavy atom.